The first-order valence-corrected chi connectivity index (χ1v) is 24.4. The van der Waals surface area contributed by atoms with E-state index in [-0.39, 0.29) is 19.4 Å². The van der Waals surface area contributed by atoms with Gasteiger partial charge in [-0.1, -0.05) is 156 Å². The van der Waals surface area contributed by atoms with Crippen molar-refractivity contribution in [2.24, 2.45) is 11.8 Å². The standard InChI is InChI=1S/C47H88O15/c1-5-33(3)25-21-17-13-9-7-8-10-15-19-23-27-38(50)57-30-35(49)31-59-46-44(56)45(62-47-43(55)42(54)40(52)36(29-48)60-47)41(53)37(61-46)32-58-39(51)28-24-20-16-12-11-14-18-22-26-34(4)6-2/h33-37,40-49,52-56H,5-32H2,1-4H3/t33?,34?,35?,36-,37-,40-,41-,42+,43+,44+,45+,46+,47-/m1/s1. The average Bonchev–Trinajstić information content (AvgIpc) is 3.26. The summed E-state index contributed by atoms with van der Waals surface area (Å²) in [6.07, 6.45) is 7.93. The lowest BCUT2D eigenvalue weighted by molar-refractivity contribution is -0.361. The van der Waals surface area contributed by atoms with Gasteiger partial charge in [-0.2, -0.15) is 0 Å². The van der Waals surface area contributed by atoms with Crippen molar-refractivity contribution in [1.29, 1.82) is 0 Å². The molecule has 62 heavy (non-hydrogen) atoms. The number of aliphatic hydroxyl groups excluding tert-OH is 7. The van der Waals surface area contributed by atoms with Gasteiger partial charge >= 0.3 is 11.9 Å². The lowest BCUT2D eigenvalue weighted by Crippen LogP contribution is -2.65. The van der Waals surface area contributed by atoms with E-state index in [1.165, 1.54) is 89.9 Å². The van der Waals surface area contributed by atoms with E-state index in [0.29, 0.717) is 12.8 Å². The van der Waals surface area contributed by atoms with Crippen LogP contribution < -0.4 is 0 Å². The minimum Gasteiger partial charge on any atom is -0.463 e. The molecule has 15 nitrogen and oxygen atoms in total. The van der Waals surface area contributed by atoms with Gasteiger partial charge in [0.15, 0.2) is 12.6 Å². The van der Waals surface area contributed by atoms with Crippen LogP contribution in [0.4, 0.5) is 0 Å². The quantitative estimate of drug-likeness (QED) is 0.0293. The maximum atomic E-state index is 12.7. The molecule has 7 N–H and O–H groups in total. The Morgan fingerprint density at radius 2 is 0.984 bits per heavy atom. The lowest BCUT2D eigenvalue weighted by Gasteiger charge is -2.46. The van der Waals surface area contributed by atoms with Crippen molar-refractivity contribution >= 4 is 11.9 Å². The molecule has 0 saturated carbocycles. The third-order valence-electron chi connectivity index (χ3n) is 12.6. The summed E-state index contributed by atoms with van der Waals surface area (Å²) in [7, 11) is 0. The zero-order valence-electron chi connectivity index (χ0n) is 38.7. The third kappa shape index (κ3) is 23.1. The van der Waals surface area contributed by atoms with Gasteiger partial charge in [-0.3, -0.25) is 9.59 Å². The molecule has 0 aromatic carbocycles. The molecule has 366 valence electrons. The lowest BCUT2D eigenvalue weighted by atomic mass is 9.97. The van der Waals surface area contributed by atoms with E-state index in [2.05, 4.69) is 27.7 Å². The number of ether oxygens (including phenoxy) is 6. The van der Waals surface area contributed by atoms with Crippen molar-refractivity contribution in [3.63, 3.8) is 0 Å². The Bertz CT molecular complexity index is 1130. The summed E-state index contributed by atoms with van der Waals surface area (Å²) in [5.41, 5.74) is 0. The van der Waals surface area contributed by atoms with Gasteiger partial charge in [0.05, 0.1) is 13.2 Å². The van der Waals surface area contributed by atoms with Crippen molar-refractivity contribution in [3.8, 4) is 0 Å². The van der Waals surface area contributed by atoms with Gasteiger partial charge in [-0.25, -0.2) is 0 Å². The molecule has 0 aromatic rings. The summed E-state index contributed by atoms with van der Waals surface area (Å²) in [4.78, 5) is 25.0. The molecule has 0 radical (unpaired) electrons. The van der Waals surface area contributed by atoms with Crippen LogP contribution in [-0.2, 0) is 38.0 Å². The highest BCUT2D eigenvalue weighted by atomic mass is 16.7. The Morgan fingerprint density at radius 1 is 0.532 bits per heavy atom. The molecule has 0 aliphatic carbocycles. The van der Waals surface area contributed by atoms with Crippen LogP contribution in [0.25, 0.3) is 0 Å². The van der Waals surface area contributed by atoms with Crippen molar-refractivity contribution in [2.45, 2.75) is 249 Å². The van der Waals surface area contributed by atoms with Gasteiger partial charge in [0.2, 0.25) is 0 Å². The number of hydrogen-bond acceptors (Lipinski definition) is 15. The molecular weight excluding hydrogens is 805 g/mol. The van der Waals surface area contributed by atoms with Gasteiger partial charge in [0, 0.05) is 12.8 Å². The molecule has 0 spiro atoms. The third-order valence-corrected chi connectivity index (χ3v) is 12.6. The summed E-state index contributed by atoms with van der Waals surface area (Å²) in [5, 5.41) is 73.7. The fraction of sp³-hybridized carbons (Fsp3) is 0.957. The van der Waals surface area contributed by atoms with Crippen LogP contribution in [0.2, 0.25) is 0 Å². The zero-order valence-corrected chi connectivity index (χ0v) is 38.7. The van der Waals surface area contributed by atoms with Crippen molar-refractivity contribution in [1.82, 2.24) is 0 Å². The Morgan fingerprint density at radius 3 is 1.47 bits per heavy atom. The Labute approximate surface area is 372 Å². The van der Waals surface area contributed by atoms with Crippen LogP contribution in [-0.4, -0.2) is 142 Å². The maximum Gasteiger partial charge on any atom is 0.305 e. The topological polar surface area (TPSA) is 231 Å². The molecule has 13 atom stereocenters. The normalized spacial score (nSPS) is 28.0. The highest BCUT2D eigenvalue weighted by Crippen LogP contribution is 2.30. The predicted molar refractivity (Wildman–Crippen MR) is 234 cm³/mol. The van der Waals surface area contributed by atoms with Crippen LogP contribution in [0.15, 0.2) is 0 Å². The average molecular weight is 893 g/mol. The van der Waals surface area contributed by atoms with Gasteiger partial charge in [-0.05, 0) is 24.7 Å². The van der Waals surface area contributed by atoms with E-state index >= 15 is 0 Å². The van der Waals surface area contributed by atoms with Gasteiger partial charge in [0.1, 0.15) is 68.1 Å². The first kappa shape index (κ1) is 56.6. The Kier molecular flexibility index (Phi) is 31.0. The van der Waals surface area contributed by atoms with Gasteiger partial charge in [0.25, 0.3) is 0 Å². The van der Waals surface area contributed by atoms with Crippen molar-refractivity contribution < 1.29 is 73.8 Å². The second-order valence-corrected chi connectivity index (χ2v) is 18.1. The molecule has 2 heterocycles. The fourth-order valence-electron chi connectivity index (χ4n) is 7.84. The van der Waals surface area contributed by atoms with Crippen molar-refractivity contribution in [2.75, 3.05) is 26.4 Å². The summed E-state index contributed by atoms with van der Waals surface area (Å²) in [6.45, 7) is 7.09. The molecule has 0 bridgehead atoms. The number of aliphatic hydroxyl groups is 7. The molecule has 2 saturated heterocycles. The number of esters is 2. The van der Waals surface area contributed by atoms with E-state index < -0.39 is 99.3 Å². The number of rotatable bonds is 36. The number of unbranched alkanes of at least 4 members (excludes halogenated alkanes) is 16. The van der Waals surface area contributed by atoms with E-state index in [1.54, 1.807) is 0 Å². The van der Waals surface area contributed by atoms with Crippen LogP contribution >= 0.6 is 0 Å². The van der Waals surface area contributed by atoms with Crippen LogP contribution in [0.5, 0.6) is 0 Å². The number of carbonyl (C=O) groups is 2. The molecule has 0 aromatic heterocycles. The van der Waals surface area contributed by atoms with Gasteiger partial charge < -0.3 is 64.2 Å². The first-order chi connectivity index (χ1) is 29.8. The molecular formula is C47H88O15. The van der Waals surface area contributed by atoms with E-state index in [1.807, 2.05) is 0 Å². The monoisotopic (exact) mass is 893 g/mol. The predicted octanol–water partition coefficient (Wildman–Crippen LogP) is 5.76. The van der Waals surface area contributed by atoms with E-state index in [9.17, 15) is 45.3 Å². The Hall–Kier alpha value is -1.50. The smallest absolute Gasteiger partial charge is 0.305 e. The Balaban J connectivity index is 1.79. The highest BCUT2D eigenvalue weighted by molar-refractivity contribution is 5.69. The molecule has 2 aliphatic heterocycles. The van der Waals surface area contributed by atoms with E-state index in [0.717, 1.165) is 50.4 Å². The van der Waals surface area contributed by atoms with Gasteiger partial charge in [-0.15, -0.1) is 0 Å². The minimum atomic E-state index is -1.83. The van der Waals surface area contributed by atoms with E-state index in [4.69, 9.17) is 28.4 Å². The molecule has 2 aliphatic rings. The number of hydrogen-bond donors (Lipinski definition) is 7. The summed E-state index contributed by atoms with van der Waals surface area (Å²) in [5.74, 6) is 0.655. The molecule has 15 heteroatoms. The largest absolute Gasteiger partial charge is 0.463 e. The molecule has 2 fully saturated rings. The van der Waals surface area contributed by atoms with Crippen LogP contribution in [0.3, 0.4) is 0 Å². The molecule has 3 unspecified atom stereocenters. The highest BCUT2D eigenvalue weighted by Gasteiger charge is 2.51. The second kappa shape index (κ2) is 33.9. The minimum absolute atomic E-state index is 0.162. The first-order valence-electron chi connectivity index (χ1n) is 24.4. The maximum absolute atomic E-state index is 12.7. The fourth-order valence-corrected chi connectivity index (χ4v) is 7.84. The number of carbonyl (C=O) groups excluding carboxylic acids is 2. The zero-order chi connectivity index (χ0) is 45.7. The summed E-state index contributed by atoms with van der Waals surface area (Å²) >= 11 is 0. The van der Waals surface area contributed by atoms with Crippen LogP contribution in [0.1, 0.15) is 182 Å². The van der Waals surface area contributed by atoms with Crippen molar-refractivity contribution in [3.05, 3.63) is 0 Å². The summed E-state index contributed by atoms with van der Waals surface area (Å²) in [6, 6.07) is 0. The molecule has 2 rings (SSSR count). The molecule has 0 amide bonds. The van der Waals surface area contributed by atoms with Crippen LogP contribution in [0, 0.1) is 11.8 Å². The summed E-state index contributed by atoms with van der Waals surface area (Å²) < 4.78 is 33.3. The second-order valence-electron chi connectivity index (χ2n) is 18.1. The SMILES string of the molecule is CCC(C)CCCCCCCCCCCCC(=O)OCC(O)CO[C@H]1O[C@H](COC(=O)CCCCCCCCCCC(C)CC)[C@@H](O)[C@H](O[C@H]2O[C@H](CO)[C@@H](O)[C@H](O)[C@@H]2O)[C@@H]1O.